The molecule has 214 valence electrons. The maximum Gasteiger partial charge on any atom is 0.338 e. The Morgan fingerprint density at radius 3 is 2.27 bits per heavy atom. The number of hydrogen-bond acceptors (Lipinski definition) is 8. The summed E-state index contributed by atoms with van der Waals surface area (Å²) >= 11 is 0. The summed E-state index contributed by atoms with van der Waals surface area (Å²) in [6, 6.07) is 18.1. The Kier molecular flexibility index (Phi) is 9.54. The molecule has 1 saturated heterocycles. The molecule has 0 atom stereocenters. The third-order valence-electron chi connectivity index (χ3n) is 6.77. The number of rotatable bonds is 8. The normalized spacial score (nSPS) is 14.2. The zero-order chi connectivity index (χ0) is 29.4. The van der Waals surface area contributed by atoms with Crippen molar-refractivity contribution in [1.82, 2.24) is 4.90 Å². The zero-order valence-electron chi connectivity index (χ0n) is 23.1. The molecule has 4 rings (SSSR count). The smallest absolute Gasteiger partial charge is 0.338 e. The van der Waals surface area contributed by atoms with Crippen LogP contribution >= 0.6 is 0 Å². The topological polar surface area (TPSA) is 150 Å². The summed E-state index contributed by atoms with van der Waals surface area (Å²) in [5.74, 6) is -1.60. The van der Waals surface area contributed by atoms with E-state index in [1.54, 1.807) is 37.3 Å². The van der Waals surface area contributed by atoms with Gasteiger partial charge in [-0.25, -0.2) is 4.79 Å². The van der Waals surface area contributed by atoms with Crippen molar-refractivity contribution in [2.45, 2.75) is 13.3 Å². The lowest BCUT2D eigenvalue weighted by Crippen LogP contribution is -2.28. The van der Waals surface area contributed by atoms with Gasteiger partial charge < -0.3 is 36.1 Å². The van der Waals surface area contributed by atoms with E-state index in [0.29, 0.717) is 11.1 Å². The van der Waals surface area contributed by atoms with Crippen LogP contribution in [0.3, 0.4) is 0 Å². The number of carbonyl (C=O) groups is 3. The van der Waals surface area contributed by atoms with Gasteiger partial charge in [0.25, 0.3) is 11.8 Å². The number of hydrogen-bond donors (Lipinski definition) is 4. The van der Waals surface area contributed by atoms with Crippen molar-refractivity contribution in [3.63, 3.8) is 0 Å². The highest BCUT2D eigenvalue weighted by atomic mass is 16.5. The lowest BCUT2D eigenvalue weighted by Gasteiger charge is -2.23. The standard InChI is InChI=1S/C30H34N6O5/c1-3-41-30(39)23-10-13-25(32-29(38)22-7-4-6-21(18-22)27(31)34-40)26(19-23)33-28(37)20-8-11-24(12-9-20)36-15-5-14-35(2)16-17-36/h4,6-13,18-19,40H,3,5,14-17H2,1-2H3,(H2,31,34)(H,32,38)(H,33,37). The van der Waals surface area contributed by atoms with E-state index in [1.165, 1.54) is 24.3 Å². The minimum absolute atomic E-state index is 0.138. The van der Waals surface area contributed by atoms with Crippen LogP contribution in [0, 0.1) is 0 Å². The Bertz CT molecular complexity index is 1440. The highest BCUT2D eigenvalue weighted by Gasteiger charge is 2.18. The second kappa shape index (κ2) is 13.4. The minimum atomic E-state index is -0.556. The van der Waals surface area contributed by atoms with Crippen molar-refractivity contribution in [3.8, 4) is 0 Å². The number of nitrogens with two attached hydrogens (primary N) is 1. The van der Waals surface area contributed by atoms with Gasteiger partial charge in [0.1, 0.15) is 0 Å². The number of anilines is 3. The van der Waals surface area contributed by atoms with E-state index in [2.05, 4.69) is 32.6 Å². The SMILES string of the molecule is CCOC(=O)c1ccc(NC(=O)c2cccc(/C(N)=N/O)c2)c(NC(=O)c2ccc(N3CCCN(C)CC3)cc2)c1. The summed E-state index contributed by atoms with van der Waals surface area (Å²) < 4.78 is 5.11. The molecule has 1 heterocycles. The van der Waals surface area contributed by atoms with Crippen LogP contribution in [0.15, 0.2) is 71.9 Å². The van der Waals surface area contributed by atoms with Crippen LogP contribution in [0.4, 0.5) is 17.1 Å². The molecular formula is C30H34N6O5. The van der Waals surface area contributed by atoms with Gasteiger partial charge in [-0.05, 0) is 81.5 Å². The van der Waals surface area contributed by atoms with Crippen molar-refractivity contribution in [1.29, 1.82) is 0 Å². The Morgan fingerprint density at radius 1 is 0.854 bits per heavy atom. The molecule has 0 radical (unpaired) electrons. The van der Waals surface area contributed by atoms with Gasteiger partial charge in [-0.15, -0.1) is 0 Å². The number of ether oxygens (including phenoxy) is 1. The number of amidine groups is 1. The van der Waals surface area contributed by atoms with Crippen LogP contribution in [0.5, 0.6) is 0 Å². The van der Waals surface area contributed by atoms with Crippen molar-refractivity contribution >= 4 is 40.7 Å². The summed E-state index contributed by atoms with van der Waals surface area (Å²) in [6.07, 6.45) is 1.07. The van der Waals surface area contributed by atoms with Gasteiger partial charge in [0, 0.05) is 42.0 Å². The van der Waals surface area contributed by atoms with Crippen molar-refractivity contribution < 1.29 is 24.3 Å². The van der Waals surface area contributed by atoms with Gasteiger partial charge in [-0.1, -0.05) is 17.3 Å². The predicted octanol–water partition coefficient (Wildman–Crippen LogP) is 3.60. The third-order valence-corrected chi connectivity index (χ3v) is 6.77. The molecule has 5 N–H and O–H groups in total. The molecule has 3 aromatic carbocycles. The average Bonchev–Trinajstić information content (AvgIpc) is 3.22. The molecule has 1 aliphatic rings. The van der Waals surface area contributed by atoms with E-state index in [0.717, 1.165) is 38.3 Å². The monoisotopic (exact) mass is 558 g/mol. The maximum atomic E-state index is 13.3. The van der Waals surface area contributed by atoms with E-state index in [-0.39, 0.29) is 34.9 Å². The molecule has 0 bridgehead atoms. The first-order valence-electron chi connectivity index (χ1n) is 13.3. The second-order valence-corrected chi connectivity index (χ2v) is 9.65. The molecule has 0 aliphatic carbocycles. The van der Waals surface area contributed by atoms with Crippen LogP contribution in [0.1, 0.15) is 50.0 Å². The summed E-state index contributed by atoms with van der Waals surface area (Å²) in [6.45, 7) is 5.77. The Balaban J connectivity index is 1.56. The summed E-state index contributed by atoms with van der Waals surface area (Å²) in [5.41, 5.74) is 8.45. The van der Waals surface area contributed by atoms with Crippen LogP contribution in [-0.4, -0.2) is 73.6 Å². The van der Waals surface area contributed by atoms with Crippen LogP contribution in [0.25, 0.3) is 0 Å². The van der Waals surface area contributed by atoms with E-state index < -0.39 is 17.8 Å². The van der Waals surface area contributed by atoms with Gasteiger partial charge in [0.15, 0.2) is 5.84 Å². The molecule has 3 aromatic rings. The predicted molar refractivity (Wildman–Crippen MR) is 158 cm³/mol. The number of nitrogens with one attached hydrogen (secondary N) is 2. The Hall–Kier alpha value is -4.90. The van der Waals surface area contributed by atoms with Crippen LogP contribution in [0.2, 0.25) is 0 Å². The first-order chi connectivity index (χ1) is 19.8. The van der Waals surface area contributed by atoms with Gasteiger partial charge in [0.2, 0.25) is 0 Å². The second-order valence-electron chi connectivity index (χ2n) is 9.65. The van der Waals surface area contributed by atoms with Gasteiger partial charge in [0.05, 0.1) is 23.5 Å². The Morgan fingerprint density at radius 2 is 1.54 bits per heavy atom. The third kappa shape index (κ3) is 7.40. The van der Waals surface area contributed by atoms with Crippen molar-refractivity contribution in [2.75, 3.05) is 55.4 Å². The largest absolute Gasteiger partial charge is 0.462 e. The number of nitrogens with zero attached hydrogens (tertiary/aromatic N) is 3. The maximum absolute atomic E-state index is 13.3. The first-order valence-corrected chi connectivity index (χ1v) is 13.3. The van der Waals surface area contributed by atoms with Crippen LogP contribution < -0.4 is 21.3 Å². The van der Waals surface area contributed by atoms with Gasteiger partial charge in [-0.3, -0.25) is 9.59 Å². The molecule has 2 amide bonds. The number of benzene rings is 3. The van der Waals surface area contributed by atoms with Gasteiger partial charge >= 0.3 is 5.97 Å². The molecule has 0 saturated carbocycles. The molecular weight excluding hydrogens is 524 g/mol. The summed E-state index contributed by atoms with van der Waals surface area (Å²) in [7, 11) is 2.11. The molecule has 41 heavy (non-hydrogen) atoms. The number of likely N-dealkylation sites (N-methyl/N-ethyl adjacent to an activating group) is 1. The number of carbonyl (C=O) groups excluding carboxylic acids is 3. The molecule has 11 nitrogen and oxygen atoms in total. The lowest BCUT2D eigenvalue weighted by atomic mass is 10.1. The molecule has 0 spiro atoms. The highest BCUT2D eigenvalue weighted by molar-refractivity contribution is 6.11. The van der Waals surface area contributed by atoms with Crippen molar-refractivity contribution in [2.24, 2.45) is 10.9 Å². The summed E-state index contributed by atoms with van der Waals surface area (Å²) in [5, 5.41) is 17.5. The first kappa shape index (κ1) is 29.1. The number of amides is 2. The molecule has 0 unspecified atom stereocenters. The summed E-state index contributed by atoms with van der Waals surface area (Å²) in [4.78, 5) is 43.3. The highest BCUT2D eigenvalue weighted by Crippen LogP contribution is 2.26. The zero-order valence-corrected chi connectivity index (χ0v) is 23.1. The van der Waals surface area contributed by atoms with E-state index in [9.17, 15) is 14.4 Å². The number of esters is 1. The van der Waals surface area contributed by atoms with Crippen molar-refractivity contribution in [3.05, 3.63) is 89.0 Å². The fraction of sp³-hybridized carbons (Fsp3) is 0.267. The van der Waals surface area contributed by atoms with E-state index in [4.69, 9.17) is 15.7 Å². The van der Waals surface area contributed by atoms with Gasteiger partial charge in [-0.2, -0.15) is 0 Å². The Labute approximate surface area is 238 Å². The fourth-order valence-electron chi connectivity index (χ4n) is 4.49. The average molecular weight is 559 g/mol. The molecule has 11 heteroatoms. The molecule has 1 fully saturated rings. The fourth-order valence-corrected chi connectivity index (χ4v) is 4.49. The van der Waals surface area contributed by atoms with E-state index in [1.807, 2.05) is 12.1 Å². The molecule has 0 aromatic heterocycles. The molecule has 1 aliphatic heterocycles. The number of oxime groups is 1. The quantitative estimate of drug-likeness (QED) is 0.108. The van der Waals surface area contributed by atoms with E-state index >= 15 is 0 Å². The van der Waals surface area contributed by atoms with Crippen LogP contribution in [-0.2, 0) is 4.74 Å². The lowest BCUT2D eigenvalue weighted by molar-refractivity contribution is 0.0526. The minimum Gasteiger partial charge on any atom is -0.462 e.